The summed E-state index contributed by atoms with van der Waals surface area (Å²) >= 11 is 0. The molecule has 1 heterocycles. The highest BCUT2D eigenvalue weighted by molar-refractivity contribution is 5.81. The maximum absolute atomic E-state index is 14.6. The monoisotopic (exact) mass is 526 g/mol. The van der Waals surface area contributed by atoms with Gasteiger partial charge in [0.05, 0.1) is 6.04 Å². The molecule has 0 bridgehead atoms. The topological polar surface area (TPSA) is 41.6 Å². The third-order valence-electron chi connectivity index (χ3n) is 7.21. The highest BCUT2D eigenvalue weighted by Crippen LogP contribution is 2.38. The summed E-state index contributed by atoms with van der Waals surface area (Å²) in [5.74, 6) is -0.121. The van der Waals surface area contributed by atoms with Crippen LogP contribution in [0, 0.1) is 11.6 Å². The van der Waals surface area contributed by atoms with Crippen molar-refractivity contribution < 1.29 is 18.3 Å². The second-order valence-electron chi connectivity index (χ2n) is 9.84. The van der Waals surface area contributed by atoms with E-state index in [0.29, 0.717) is 30.8 Å². The minimum absolute atomic E-state index is 0.0783. The van der Waals surface area contributed by atoms with Crippen LogP contribution >= 0.6 is 0 Å². The Morgan fingerprint density at radius 1 is 0.974 bits per heavy atom. The van der Waals surface area contributed by atoms with Crippen molar-refractivity contribution in [2.75, 3.05) is 6.54 Å². The van der Waals surface area contributed by atoms with Gasteiger partial charge in [-0.15, -0.1) is 0 Å². The average Bonchev–Trinajstić information content (AvgIpc) is 2.97. The molecule has 39 heavy (non-hydrogen) atoms. The minimum atomic E-state index is -0.670. The van der Waals surface area contributed by atoms with Gasteiger partial charge in [-0.2, -0.15) is 0 Å². The van der Waals surface area contributed by atoms with E-state index in [2.05, 4.69) is 28.4 Å². The number of fused-ring (bicyclic) bond motifs is 1. The quantitative estimate of drug-likeness (QED) is 0.268. The van der Waals surface area contributed by atoms with Crippen LogP contribution in [0.25, 0.3) is 0 Å². The molecule has 2 atom stereocenters. The smallest absolute Gasteiger partial charge is 0.261 e. The molecule has 1 N–H and O–H groups in total. The van der Waals surface area contributed by atoms with Gasteiger partial charge in [0.15, 0.2) is 6.10 Å². The zero-order valence-corrected chi connectivity index (χ0v) is 21.9. The number of hydrogen-bond acceptors (Lipinski definition) is 3. The van der Waals surface area contributed by atoms with Gasteiger partial charge in [0.2, 0.25) is 0 Å². The third-order valence-corrected chi connectivity index (χ3v) is 7.21. The van der Waals surface area contributed by atoms with Crippen LogP contribution < -0.4 is 10.1 Å². The minimum Gasteiger partial charge on any atom is -0.481 e. The van der Waals surface area contributed by atoms with Crippen LogP contribution in [0.3, 0.4) is 0 Å². The molecule has 1 aliphatic heterocycles. The molecule has 200 valence electrons. The van der Waals surface area contributed by atoms with Gasteiger partial charge in [-0.05, 0) is 65.4 Å². The van der Waals surface area contributed by atoms with Crippen molar-refractivity contribution in [1.82, 2.24) is 10.2 Å². The molecule has 0 radical (unpaired) electrons. The molecule has 0 aromatic heterocycles. The maximum Gasteiger partial charge on any atom is 0.261 e. The number of halogens is 2. The molecule has 0 saturated heterocycles. The highest BCUT2D eigenvalue weighted by Gasteiger charge is 2.30. The van der Waals surface area contributed by atoms with Crippen molar-refractivity contribution in [1.29, 1.82) is 0 Å². The van der Waals surface area contributed by atoms with Crippen molar-refractivity contribution in [3.63, 3.8) is 0 Å². The molecule has 4 aromatic rings. The first-order chi connectivity index (χ1) is 19.0. The second kappa shape index (κ2) is 12.2. The largest absolute Gasteiger partial charge is 0.481 e. The number of amides is 1. The molecule has 1 aliphatic rings. The first-order valence-corrected chi connectivity index (χ1v) is 13.4. The van der Waals surface area contributed by atoms with E-state index in [-0.39, 0.29) is 23.6 Å². The number of carbonyl (C=O) groups is 1. The Hall–Kier alpha value is -4.03. The van der Waals surface area contributed by atoms with Crippen LogP contribution in [0.2, 0.25) is 0 Å². The summed E-state index contributed by atoms with van der Waals surface area (Å²) in [7, 11) is 0. The average molecular weight is 527 g/mol. The predicted octanol–water partition coefficient (Wildman–Crippen LogP) is 6.59. The molecule has 0 saturated carbocycles. The molecule has 6 heteroatoms. The van der Waals surface area contributed by atoms with E-state index in [0.717, 1.165) is 29.7 Å². The Morgan fingerprint density at radius 3 is 2.46 bits per heavy atom. The number of hydrogen-bond donors (Lipinski definition) is 1. The Balaban J connectivity index is 1.37. The standard InChI is InChI=1S/C33H32F2N2O2/c1-2-31(33(38)36-21-23-12-15-27(34)16-13-23)39-28-17-14-24-18-19-37(22-26-10-6-7-11-30(26)35)32(29(24)20-28)25-8-4-3-5-9-25/h3-17,20,31-32H,2,18-19,21-22H2,1H3,(H,36,38)/t31-,32-/m0/s1. The first kappa shape index (κ1) is 26.6. The molecular weight excluding hydrogens is 494 g/mol. The van der Waals surface area contributed by atoms with Crippen molar-refractivity contribution in [2.45, 2.75) is 45.0 Å². The number of benzene rings is 4. The lowest BCUT2D eigenvalue weighted by atomic mass is 9.87. The summed E-state index contributed by atoms with van der Waals surface area (Å²) in [5.41, 5.74) is 4.92. The lowest BCUT2D eigenvalue weighted by Crippen LogP contribution is -2.38. The zero-order chi connectivity index (χ0) is 27.2. The SMILES string of the molecule is CC[C@H](Oc1ccc2c(c1)[C@H](c1ccccc1)N(Cc1ccccc1F)CC2)C(=O)NCc1ccc(F)cc1. The van der Waals surface area contributed by atoms with Crippen LogP contribution in [0.1, 0.15) is 47.2 Å². The molecule has 4 nitrogen and oxygen atoms in total. The molecule has 0 spiro atoms. The second-order valence-corrected chi connectivity index (χ2v) is 9.84. The van der Waals surface area contributed by atoms with Gasteiger partial charge in [0, 0.05) is 25.2 Å². The van der Waals surface area contributed by atoms with E-state index < -0.39 is 6.10 Å². The van der Waals surface area contributed by atoms with E-state index in [1.807, 2.05) is 49.4 Å². The normalized spacial score (nSPS) is 15.8. The van der Waals surface area contributed by atoms with Crippen LogP contribution in [-0.2, 0) is 24.3 Å². The Bertz CT molecular complexity index is 1410. The van der Waals surface area contributed by atoms with Gasteiger partial charge in [0.25, 0.3) is 5.91 Å². The van der Waals surface area contributed by atoms with Crippen molar-refractivity contribution in [2.24, 2.45) is 0 Å². The molecule has 0 unspecified atom stereocenters. The maximum atomic E-state index is 14.6. The first-order valence-electron chi connectivity index (χ1n) is 13.4. The molecule has 0 fully saturated rings. The van der Waals surface area contributed by atoms with E-state index in [1.165, 1.54) is 23.8 Å². The van der Waals surface area contributed by atoms with Gasteiger partial charge in [-0.25, -0.2) is 8.78 Å². The van der Waals surface area contributed by atoms with Crippen LogP contribution in [0.5, 0.6) is 5.75 Å². The van der Waals surface area contributed by atoms with E-state index in [1.54, 1.807) is 18.2 Å². The number of carbonyl (C=O) groups excluding carboxylic acids is 1. The fourth-order valence-corrected chi connectivity index (χ4v) is 5.15. The summed E-state index contributed by atoms with van der Waals surface area (Å²) in [4.78, 5) is 15.2. The summed E-state index contributed by atoms with van der Waals surface area (Å²) in [6.45, 7) is 3.48. The summed E-state index contributed by atoms with van der Waals surface area (Å²) in [6, 6.07) is 29.1. The summed E-state index contributed by atoms with van der Waals surface area (Å²) in [5, 5.41) is 2.90. The Kier molecular flexibility index (Phi) is 8.33. The van der Waals surface area contributed by atoms with Gasteiger partial charge in [0.1, 0.15) is 17.4 Å². The van der Waals surface area contributed by atoms with Gasteiger partial charge >= 0.3 is 0 Å². The Morgan fingerprint density at radius 2 is 1.72 bits per heavy atom. The van der Waals surface area contributed by atoms with Gasteiger partial charge in [-0.3, -0.25) is 9.69 Å². The van der Waals surface area contributed by atoms with Crippen molar-refractivity contribution in [3.8, 4) is 5.75 Å². The fourth-order valence-electron chi connectivity index (χ4n) is 5.15. The molecular formula is C33H32F2N2O2. The summed E-state index contributed by atoms with van der Waals surface area (Å²) in [6.07, 6.45) is 0.660. The van der Waals surface area contributed by atoms with Crippen LogP contribution in [0.4, 0.5) is 8.78 Å². The molecule has 4 aromatic carbocycles. The fraction of sp³-hybridized carbons (Fsp3) is 0.242. The van der Waals surface area contributed by atoms with E-state index in [4.69, 9.17) is 4.74 Å². The molecule has 1 amide bonds. The van der Waals surface area contributed by atoms with Crippen molar-refractivity contribution in [3.05, 3.63) is 137 Å². The molecule has 5 rings (SSSR count). The highest BCUT2D eigenvalue weighted by atomic mass is 19.1. The zero-order valence-electron chi connectivity index (χ0n) is 21.9. The number of nitrogens with zero attached hydrogens (tertiary/aromatic N) is 1. The van der Waals surface area contributed by atoms with Gasteiger partial charge < -0.3 is 10.1 Å². The van der Waals surface area contributed by atoms with Crippen LogP contribution in [-0.4, -0.2) is 23.5 Å². The third kappa shape index (κ3) is 6.35. The Labute approximate surface area is 228 Å². The van der Waals surface area contributed by atoms with E-state index >= 15 is 0 Å². The number of rotatable bonds is 9. The van der Waals surface area contributed by atoms with E-state index in [9.17, 15) is 13.6 Å². The number of nitrogens with one attached hydrogen (secondary N) is 1. The summed E-state index contributed by atoms with van der Waals surface area (Å²) < 4.78 is 34.0. The van der Waals surface area contributed by atoms with Gasteiger partial charge in [-0.1, -0.05) is 73.7 Å². The van der Waals surface area contributed by atoms with Crippen LogP contribution in [0.15, 0.2) is 97.1 Å². The predicted molar refractivity (Wildman–Crippen MR) is 148 cm³/mol. The molecule has 0 aliphatic carbocycles. The number of ether oxygens (including phenoxy) is 1. The lowest BCUT2D eigenvalue weighted by molar-refractivity contribution is -0.128. The van der Waals surface area contributed by atoms with Crippen molar-refractivity contribution >= 4 is 5.91 Å². The lowest BCUT2D eigenvalue weighted by Gasteiger charge is -2.38.